The van der Waals surface area contributed by atoms with Gasteiger partial charge in [0, 0.05) is 29.1 Å². The zero-order valence-corrected chi connectivity index (χ0v) is 11.0. The van der Waals surface area contributed by atoms with Crippen molar-refractivity contribution >= 4 is 0 Å². The van der Waals surface area contributed by atoms with Crippen LogP contribution in [0.25, 0.3) is 0 Å². The Morgan fingerprint density at radius 2 is 2.00 bits per heavy atom. The molecule has 0 spiro atoms. The van der Waals surface area contributed by atoms with Crippen molar-refractivity contribution < 1.29 is 4.39 Å². The Balaban J connectivity index is 2.45. The number of nitrogens with two attached hydrogens (primary N) is 1. The minimum Gasteiger partial charge on any atom is -0.326 e. The highest BCUT2D eigenvalue weighted by Gasteiger charge is 2.10. The summed E-state index contributed by atoms with van der Waals surface area (Å²) in [6, 6.07) is 6.83. The fourth-order valence-electron chi connectivity index (χ4n) is 2.05. The second-order valence-corrected chi connectivity index (χ2v) is 4.50. The van der Waals surface area contributed by atoms with Crippen molar-refractivity contribution in [3.05, 3.63) is 63.1 Å². The van der Waals surface area contributed by atoms with Gasteiger partial charge >= 0.3 is 5.69 Å². The second kappa shape index (κ2) is 5.32. The summed E-state index contributed by atoms with van der Waals surface area (Å²) in [5, 5.41) is 0. The van der Waals surface area contributed by atoms with Crippen molar-refractivity contribution in [2.75, 3.05) is 0 Å². The molecule has 0 aliphatic heterocycles. The van der Waals surface area contributed by atoms with Crippen molar-refractivity contribution in [1.82, 2.24) is 9.55 Å². The molecule has 2 N–H and O–H groups in total. The minimum atomic E-state index is -0.366. The summed E-state index contributed by atoms with van der Waals surface area (Å²) >= 11 is 0. The SMILES string of the molecule is Cc1cc(C)n(Cc2cccc(CN)c2F)c(=O)n1. The van der Waals surface area contributed by atoms with Crippen molar-refractivity contribution in [3.63, 3.8) is 0 Å². The third-order valence-electron chi connectivity index (χ3n) is 3.05. The summed E-state index contributed by atoms with van der Waals surface area (Å²) in [4.78, 5) is 15.7. The standard InChI is InChI=1S/C14H16FN3O/c1-9-6-10(2)18(14(19)17-9)8-12-5-3-4-11(7-16)13(12)15/h3-6H,7-8,16H2,1-2H3. The van der Waals surface area contributed by atoms with Crippen LogP contribution in [0.5, 0.6) is 0 Å². The first kappa shape index (κ1) is 13.4. The van der Waals surface area contributed by atoms with Crippen LogP contribution < -0.4 is 11.4 Å². The van der Waals surface area contributed by atoms with Gasteiger partial charge in [-0.3, -0.25) is 4.57 Å². The fourth-order valence-corrected chi connectivity index (χ4v) is 2.05. The van der Waals surface area contributed by atoms with E-state index in [0.717, 1.165) is 5.69 Å². The highest BCUT2D eigenvalue weighted by Crippen LogP contribution is 2.14. The first-order valence-electron chi connectivity index (χ1n) is 6.04. The smallest absolute Gasteiger partial charge is 0.326 e. The molecule has 19 heavy (non-hydrogen) atoms. The molecule has 5 heteroatoms. The van der Waals surface area contributed by atoms with Crippen LogP contribution in [0, 0.1) is 19.7 Å². The van der Waals surface area contributed by atoms with Crippen LogP contribution in [0.1, 0.15) is 22.5 Å². The first-order chi connectivity index (χ1) is 9.02. The van der Waals surface area contributed by atoms with Gasteiger partial charge in [-0.2, -0.15) is 4.98 Å². The van der Waals surface area contributed by atoms with Gasteiger partial charge in [0.05, 0.1) is 6.54 Å². The Morgan fingerprint density at radius 3 is 2.63 bits per heavy atom. The summed E-state index contributed by atoms with van der Waals surface area (Å²) in [5.74, 6) is -0.350. The van der Waals surface area contributed by atoms with Gasteiger partial charge in [-0.1, -0.05) is 18.2 Å². The van der Waals surface area contributed by atoms with E-state index in [1.165, 1.54) is 4.57 Å². The summed E-state index contributed by atoms with van der Waals surface area (Å²) in [7, 11) is 0. The molecule has 0 aliphatic rings. The molecule has 0 bridgehead atoms. The molecule has 4 nitrogen and oxygen atoms in total. The topological polar surface area (TPSA) is 60.9 Å². The van der Waals surface area contributed by atoms with E-state index in [2.05, 4.69) is 4.98 Å². The van der Waals surface area contributed by atoms with Gasteiger partial charge in [-0.05, 0) is 19.9 Å². The molecule has 0 saturated carbocycles. The Hall–Kier alpha value is -2.01. The summed E-state index contributed by atoms with van der Waals surface area (Å²) in [6.45, 7) is 3.87. The van der Waals surface area contributed by atoms with E-state index in [0.29, 0.717) is 16.8 Å². The van der Waals surface area contributed by atoms with Crippen molar-refractivity contribution in [3.8, 4) is 0 Å². The average Bonchev–Trinajstić information content (AvgIpc) is 2.35. The molecule has 0 radical (unpaired) electrons. The molecule has 0 saturated heterocycles. The number of nitrogens with zero attached hydrogens (tertiary/aromatic N) is 2. The average molecular weight is 261 g/mol. The predicted molar refractivity (Wildman–Crippen MR) is 71.4 cm³/mol. The number of aryl methyl sites for hydroxylation is 2. The van der Waals surface area contributed by atoms with Crippen molar-refractivity contribution in [2.45, 2.75) is 26.9 Å². The molecule has 100 valence electrons. The lowest BCUT2D eigenvalue weighted by Crippen LogP contribution is -2.26. The number of rotatable bonds is 3. The molecule has 1 aromatic carbocycles. The Bertz CT molecular complexity index is 664. The van der Waals surface area contributed by atoms with Crippen LogP contribution in [-0.4, -0.2) is 9.55 Å². The van der Waals surface area contributed by atoms with Crippen LogP contribution in [-0.2, 0) is 13.1 Å². The molecule has 1 heterocycles. The highest BCUT2D eigenvalue weighted by molar-refractivity contribution is 5.26. The maximum Gasteiger partial charge on any atom is 0.348 e. The van der Waals surface area contributed by atoms with Gasteiger partial charge in [0.25, 0.3) is 0 Å². The van der Waals surface area contributed by atoms with E-state index in [9.17, 15) is 9.18 Å². The van der Waals surface area contributed by atoms with Crippen molar-refractivity contribution in [2.24, 2.45) is 5.73 Å². The van der Waals surface area contributed by atoms with Crippen LogP contribution in [0.3, 0.4) is 0 Å². The zero-order valence-electron chi connectivity index (χ0n) is 11.0. The maximum atomic E-state index is 14.1. The number of halogens is 1. The molecule has 0 amide bonds. The van der Waals surface area contributed by atoms with Crippen LogP contribution in [0.15, 0.2) is 29.1 Å². The molecule has 1 aromatic heterocycles. The van der Waals surface area contributed by atoms with Gasteiger partial charge in [-0.25, -0.2) is 9.18 Å². The van der Waals surface area contributed by atoms with Crippen LogP contribution in [0.4, 0.5) is 4.39 Å². The van der Waals surface area contributed by atoms with Gasteiger partial charge in [0.15, 0.2) is 0 Å². The lowest BCUT2D eigenvalue weighted by atomic mass is 10.1. The number of hydrogen-bond donors (Lipinski definition) is 1. The summed E-state index contributed by atoms with van der Waals surface area (Å²) < 4.78 is 15.5. The van der Waals surface area contributed by atoms with Gasteiger partial charge in [0.1, 0.15) is 5.82 Å². The lowest BCUT2D eigenvalue weighted by Gasteiger charge is -2.11. The van der Waals surface area contributed by atoms with Crippen LogP contribution in [0.2, 0.25) is 0 Å². The highest BCUT2D eigenvalue weighted by atomic mass is 19.1. The van der Waals surface area contributed by atoms with E-state index in [1.54, 1.807) is 38.1 Å². The largest absolute Gasteiger partial charge is 0.348 e. The molecule has 2 aromatic rings. The molecule has 0 fully saturated rings. The van der Waals surface area contributed by atoms with Gasteiger partial charge < -0.3 is 5.73 Å². The van der Waals surface area contributed by atoms with Gasteiger partial charge in [0.2, 0.25) is 0 Å². The Kier molecular flexibility index (Phi) is 3.76. The fraction of sp³-hybridized carbons (Fsp3) is 0.286. The lowest BCUT2D eigenvalue weighted by molar-refractivity contribution is 0.575. The monoisotopic (exact) mass is 261 g/mol. The second-order valence-electron chi connectivity index (χ2n) is 4.50. The predicted octanol–water partition coefficient (Wildman–Crippen LogP) is 1.51. The van der Waals surface area contributed by atoms with Gasteiger partial charge in [-0.15, -0.1) is 0 Å². The molecule has 0 unspecified atom stereocenters. The minimum absolute atomic E-state index is 0.139. The third kappa shape index (κ3) is 2.71. The molecular formula is C14H16FN3O. The van der Waals surface area contributed by atoms with E-state index < -0.39 is 0 Å². The van der Waals surface area contributed by atoms with E-state index >= 15 is 0 Å². The normalized spacial score (nSPS) is 10.7. The summed E-state index contributed by atoms with van der Waals surface area (Å²) in [5.41, 5.74) is 7.42. The number of aromatic nitrogens is 2. The van der Waals surface area contributed by atoms with E-state index in [-0.39, 0.29) is 24.6 Å². The number of benzene rings is 1. The van der Waals surface area contributed by atoms with E-state index in [4.69, 9.17) is 5.73 Å². The number of hydrogen-bond acceptors (Lipinski definition) is 3. The quantitative estimate of drug-likeness (QED) is 0.911. The Labute approximate surface area is 110 Å². The maximum absolute atomic E-state index is 14.1. The van der Waals surface area contributed by atoms with Crippen LogP contribution >= 0.6 is 0 Å². The zero-order chi connectivity index (χ0) is 14.0. The Morgan fingerprint density at radius 1 is 1.32 bits per heavy atom. The molecular weight excluding hydrogens is 245 g/mol. The molecule has 2 rings (SSSR count). The molecule has 0 aliphatic carbocycles. The van der Waals surface area contributed by atoms with Crippen molar-refractivity contribution in [1.29, 1.82) is 0 Å². The summed E-state index contributed by atoms with van der Waals surface area (Å²) in [6.07, 6.45) is 0. The third-order valence-corrected chi connectivity index (χ3v) is 3.05. The first-order valence-corrected chi connectivity index (χ1v) is 6.04. The molecule has 0 atom stereocenters. The van der Waals surface area contributed by atoms with E-state index in [1.807, 2.05) is 0 Å².